The van der Waals surface area contributed by atoms with Crippen LogP contribution in [-0.4, -0.2) is 35.4 Å². The van der Waals surface area contributed by atoms with Gasteiger partial charge >= 0.3 is 5.97 Å². The zero-order valence-electron chi connectivity index (χ0n) is 14.7. The molecule has 0 bridgehead atoms. The van der Waals surface area contributed by atoms with E-state index in [1.807, 2.05) is 24.3 Å². The van der Waals surface area contributed by atoms with Crippen molar-refractivity contribution in [1.82, 2.24) is 0 Å². The Balaban J connectivity index is 2.51. The Morgan fingerprint density at radius 1 is 1.22 bits per heavy atom. The number of benzene rings is 1. The highest BCUT2D eigenvalue weighted by atomic mass is 16.4. The fraction of sp³-hybridized carbons (Fsp3) is 0.632. The van der Waals surface area contributed by atoms with Crippen LogP contribution in [0.3, 0.4) is 0 Å². The third-order valence-corrected chi connectivity index (χ3v) is 4.37. The highest BCUT2D eigenvalue weighted by Gasteiger charge is 2.17. The lowest BCUT2D eigenvalue weighted by atomic mass is 10.0. The number of likely N-dealkylation sites (N-methyl/N-ethyl adjacent to an activating group) is 1. The topological polar surface area (TPSA) is 60.8 Å². The molecule has 2 N–H and O–H groups in total. The van der Waals surface area contributed by atoms with E-state index < -0.39 is 12.0 Å². The van der Waals surface area contributed by atoms with Crippen molar-refractivity contribution in [3.05, 3.63) is 29.8 Å². The third kappa shape index (κ3) is 7.04. The molecule has 0 aliphatic heterocycles. The molecule has 0 radical (unpaired) electrons. The summed E-state index contributed by atoms with van der Waals surface area (Å²) in [5.74, 6) is -0.843. The van der Waals surface area contributed by atoms with Crippen LogP contribution < -0.4 is 4.90 Å². The molecule has 4 nitrogen and oxygen atoms in total. The maximum Gasteiger partial charge on any atom is 0.326 e. The van der Waals surface area contributed by atoms with Gasteiger partial charge in [-0.25, -0.2) is 4.79 Å². The smallest absolute Gasteiger partial charge is 0.326 e. The number of carboxylic acid groups (broad SMARTS) is 1. The highest BCUT2D eigenvalue weighted by molar-refractivity contribution is 5.77. The van der Waals surface area contributed by atoms with Gasteiger partial charge in [-0.15, -0.1) is 0 Å². The Morgan fingerprint density at radius 2 is 1.91 bits per heavy atom. The summed E-state index contributed by atoms with van der Waals surface area (Å²) < 4.78 is 0. The van der Waals surface area contributed by atoms with Crippen molar-refractivity contribution in [2.24, 2.45) is 0 Å². The number of hydrogen-bond acceptors (Lipinski definition) is 3. The van der Waals surface area contributed by atoms with Crippen LogP contribution in [0.5, 0.6) is 0 Å². The second-order valence-corrected chi connectivity index (χ2v) is 6.36. The summed E-state index contributed by atoms with van der Waals surface area (Å²) in [6.45, 7) is 3.87. The molecule has 4 heteroatoms. The number of unbranched alkanes of at least 4 members (excludes halogenated alkanes) is 4. The van der Waals surface area contributed by atoms with E-state index in [4.69, 9.17) is 5.11 Å². The standard InChI is InChI=1S/C19H31NO3/c1-4-5-6-7-8-12-18(21)14-16-10-9-11-17(13-16)20(3)15(2)19(22)23/h9-11,13,15,18,21H,4-8,12,14H2,1-3H3,(H,22,23). The van der Waals surface area contributed by atoms with Crippen LogP contribution in [-0.2, 0) is 11.2 Å². The van der Waals surface area contributed by atoms with Crippen molar-refractivity contribution >= 4 is 11.7 Å². The molecule has 2 atom stereocenters. The van der Waals surface area contributed by atoms with Crippen LogP contribution in [0.2, 0.25) is 0 Å². The first-order chi connectivity index (χ1) is 11.0. The number of aliphatic carboxylic acids is 1. The van der Waals surface area contributed by atoms with Crippen molar-refractivity contribution in [3.63, 3.8) is 0 Å². The molecule has 130 valence electrons. The van der Waals surface area contributed by atoms with E-state index in [2.05, 4.69) is 6.92 Å². The van der Waals surface area contributed by atoms with Gasteiger partial charge in [0.15, 0.2) is 0 Å². The predicted molar refractivity (Wildman–Crippen MR) is 95.0 cm³/mol. The van der Waals surface area contributed by atoms with E-state index >= 15 is 0 Å². The molecule has 0 aromatic heterocycles. The molecule has 0 saturated carbocycles. The number of aliphatic hydroxyl groups is 1. The van der Waals surface area contributed by atoms with Gasteiger partial charge in [0.25, 0.3) is 0 Å². The summed E-state index contributed by atoms with van der Waals surface area (Å²) >= 11 is 0. The van der Waals surface area contributed by atoms with Gasteiger partial charge in [0.05, 0.1) is 6.10 Å². The van der Waals surface area contributed by atoms with Gasteiger partial charge in [-0.3, -0.25) is 0 Å². The van der Waals surface area contributed by atoms with Crippen molar-refractivity contribution in [2.75, 3.05) is 11.9 Å². The molecule has 0 amide bonds. The van der Waals surface area contributed by atoms with E-state index in [0.717, 1.165) is 24.1 Å². The number of carbonyl (C=O) groups is 1. The number of carboxylic acids is 1. The largest absolute Gasteiger partial charge is 0.480 e. The van der Waals surface area contributed by atoms with E-state index in [0.29, 0.717) is 6.42 Å². The number of rotatable bonds is 11. The summed E-state index contributed by atoms with van der Waals surface area (Å²) in [4.78, 5) is 12.8. The Hall–Kier alpha value is -1.55. The Labute approximate surface area is 140 Å². The Kier molecular flexibility index (Phi) is 8.70. The first kappa shape index (κ1) is 19.5. The van der Waals surface area contributed by atoms with E-state index in [-0.39, 0.29) is 6.10 Å². The van der Waals surface area contributed by atoms with E-state index in [9.17, 15) is 9.90 Å². The zero-order chi connectivity index (χ0) is 17.2. The summed E-state index contributed by atoms with van der Waals surface area (Å²) in [6, 6.07) is 7.21. The van der Waals surface area contributed by atoms with Crippen LogP contribution in [0.1, 0.15) is 57.9 Å². The van der Waals surface area contributed by atoms with Crippen molar-refractivity contribution in [3.8, 4) is 0 Å². The first-order valence-corrected chi connectivity index (χ1v) is 8.68. The van der Waals surface area contributed by atoms with Gasteiger partial charge in [-0.1, -0.05) is 51.2 Å². The minimum absolute atomic E-state index is 0.325. The minimum atomic E-state index is -0.843. The van der Waals surface area contributed by atoms with E-state index in [1.54, 1.807) is 18.9 Å². The van der Waals surface area contributed by atoms with Gasteiger partial charge in [0.1, 0.15) is 6.04 Å². The minimum Gasteiger partial charge on any atom is -0.480 e. The lowest BCUT2D eigenvalue weighted by molar-refractivity contribution is -0.138. The molecule has 0 spiro atoms. The lowest BCUT2D eigenvalue weighted by Gasteiger charge is -2.24. The summed E-state index contributed by atoms with van der Waals surface area (Å²) in [7, 11) is 1.78. The first-order valence-electron chi connectivity index (χ1n) is 8.68. The molecule has 1 aromatic carbocycles. The fourth-order valence-corrected chi connectivity index (χ4v) is 2.65. The van der Waals surface area contributed by atoms with Gasteiger partial charge in [0.2, 0.25) is 0 Å². The van der Waals surface area contributed by atoms with Crippen molar-refractivity contribution in [2.45, 2.75) is 70.9 Å². The normalized spacial score (nSPS) is 13.6. The monoisotopic (exact) mass is 321 g/mol. The van der Waals surface area contributed by atoms with Gasteiger partial charge in [-0.05, 0) is 37.5 Å². The summed E-state index contributed by atoms with van der Waals surface area (Å²) in [6.07, 6.45) is 7.13. The van der Waals surface area contributed by atoms with Gasteiger partial charge in [0, 0.05) is 12.7 Å². The number of hydrogen-bond donors (Lipinski definition) is 2. The molecule has 0 aliphatic rings. The van der Waals surface area contributed by atoms with Crippen LogP contribution in [0, 0.1) is 0 Å². The second kappa shape index (κ2) is 10.3. The molecular weight excluding hydrogens is 290 g/mol. The van der Waals surface area contributed by atoms with Crippen LogP contribution in [0.15, 0.2) is 24.3 Å². The Bertz CT molecular complexity index is 475. The lowest BCUT2D eigenvalue weighted by Crippen LogP contribution is -2.35. The molecule has 1 rings (SSSR count). The average molecular weight is 321 g/mol. The van der Waals surface area contributed by atoms with Crippen molar-refractivity contribution < 1.29 is 15.0 Å². The maximum absolute atomic E-state index is 11.1. The number of anilines is 1. The quantitative estimate of drug-likeness (QED) is 0.608. The van der Waals surface area contributed by atoms with Gasteiger partial charge in [-0.2, -0.15) is 0 Å². The number of nitrogens with zero attached hydrogens (tertiary/aromatic N) is 1. The summed E-state index contributed by atoms with van der Waals surface area (Å²) in [5.41, 5.74) is 1.92. The zero-order valence-corrected chi connectivity index (χ0v) is 14.7. The predicted octanol–water partition coefficient (Wildman–Crippen LogP) is 3.86. The third-order valence-electron chi connectivity index (χ3n) is 4.37. The highest BCUT2D eigenvalue weighted by Crippen LogP contribution is 2.19. The SMILES string of the molecule is CCCCCCCC(O)Cc1cccc(N(C)C(C)C(=O)O)c1. The summed E-state index contributed by atoms with van der Waals surface area (Å²) in [5, 5.41) is 19.3. The van der Waals surface area contributed by atoms with Crippen LogP contribution >= 0.6 is 0 Å². The average Bonchev–Trinajstić information content (AvgIpc) is 2.53. The molecule has 2 unspecified atom stereocenters. The maximum atomic E-state index is 11.1. The molecule has 1 aromatic rings. The van der Waals surface area contributed by atoms with Crippen LogP contribution in [0.4, 0.5) is 5.69 Å². The fourth-order valence-electron chi connectivity index (χ4n) is 2.65. The number of aliphatic hydroxyl groups excluding tert-OH is 1. The Morgan fingerprint density at radius 3 is 2.57 bits per heavy atom. The van der Waals surface area contributed by atoms with Crippen molar-refractivity contribution in [1.29, 1.82) is 0 Å². The second-order valence-electron chi connectivity index (χ2n) is 6.36. The molecule has 0 heterocycles. The molecule has 23 heavy (non-hydrogen) atoms. The molecular formula is C19H31NO3. The molecule has 0 saturated heterocycles. The van der Waals surface area contributed by atoms with Crippen LogP contribution in [0.25, 0.3) is 0 Å². The van der Waals surface area contributed by atoms with E-state index in [1.165, 1.54) is 25.7 Å². The molecule has 0 fully saturated rings. The van der Waals surface area contributed by atoms with Gasteiger partial charge < -0.3 is 15.1 Å². The molecule has 0 aliphatic carbocycles.